The molecule has 0 heterocycles. The summed E-state index contributed by atoms with van der Waals surface area (Å²) in [4.78, 5) is 11.6. The van der Waals surface area contributed by atoms with Gasteiger partial charge in [0, 0.05) is 5.39 Å². The average Bonchev–Trinajstić information content (AvgIpc) is 2.44. The van der Waals surface area contributed by atoms with Gasteiger partial charge in [0.1, 0.15) is 5.54 Å². The van der Waals surface area contributed by atoms with Crippen molar-refractivity contribution in [3.05, 3.63) is 42.5 Å². The molecule has 0 spiro atoms. The van der Waals surface area contributed by atoms with Crippen molar-refractivity contribution in [3.63, 3.8) is 0 Å². The molecule has 0 atom stereocenters. The molecule has 1 fully saturated rings. The Hall–Kier alpha value is -1.92. The lowest BCUT2D eigenvalue weighted by Gasteiger charge is -2.42. The second kappa shape index (κ2) is 5.07. The van der Waals surface area contributed by atoms with E-state index in [2.05, 4.69) is 4.72 Å². The van der Waals surface area contributed by atoms with Gasteiger partial charge in [-0.3, -0.25) is 4.79 Å². The summed E-state index contributed by atoms with van der Waals surface area (Å²) < 4.78 is 27.8. The van der Waals surface area contributed by atoms with Crippen molar-refractivity contribution < 1.29 is 18.3 Å². The molecule has 1 aliphatic carbocycles. The summed E-state index contributed by atoms with van der Waals surface area (Å²) in [5.74, 6) is -0.916. The number of nitrogens with one attached hydrogen (secondary N) is 1. The van der Waals surface area contributed by atoms with E-state index in [-0.39, 0.29) is 10.8 Å². The standard InChI is InChI=1S/C16H17NO4S/c1-11-9-16(10-11,15(18)19)17-22(20,21)14-8-4-6-12-5-2-3-7-13(12)14/h2-8,11,17H,9-10H2,1H3,(H,18,19). The molecule has 6 heteroatoms. The van der Waals surface area contributed by atoms with Crippen molar-refractivity contribution in [2.45, 2.75) is 30.2 Å². The molecule has 2 N–H and O–H groups in total. The lowest BCUT2D eigenvalue weighted by molar-refractivity contribution is -0.149. The zero-order valence-corrected chi connectivity index (χ0v) is 12.9. The number of carboxylic acids is 1. The Morgan fingerprint density at radius 2 is 1.82 bits per heavy atom. The number of sulfonamides is 1. The highest BCUT2D eigenvalue weighted by Gasteiger charge is 2.51. The van der Waals surface area contributed by atoms with Crippen molar-refractivity contribution in [2.24, 2.45) is 5.92 Å². The normalized spacial score (nSPS) is 24.9. The lowest BCUT2D eigenvalue weighted by atomic mass is 9.70. The number of rotatable bonds is 4. The van der Waals surface area contributed by atoms with Crippen molar-refractivity contribution in [2.75, 3.05) is 0 Å². The zero-order chi connectivity index (χ0) is 16.0. The maximum Gasteiger partial charge on any atom is 0.324 e. The molecule has 0 saturated heterocycles. The van der Waals surface area contributed by atoms with Gasteiger partial charge in [0.05, 0.1) is 4.90 Å². The van der Waals surface area contributed by atoms with Crippen molar-refractivity contribution in [3.8, 4) is 0 Å². The molecule has 0 aliphatic heterocycles. The van der Waals surface area contributed by atoms with Crippen LogP contribution in [0.3, 0.4) is 0 Å². The van der Waals surface area contributed by atoms with E-state index < -0.39 is 21.5 Å². The molecule has 0 aromatic heterocycles. The summed E-state index contributed by atoms with van der Waals surface area (Å²) in [6.07, 6.45) is 0.624. The van der Waals surface area contributed by atoms with Crippen LogP contribution < -0.4 is 4.72 Å². The number of carboxylic acid groups (broad SMARTS) is 1. The van der Waals surface area contributed by atoms with Crippen LogP contribution in [0.4, 0.5) is 0 Å². The Balaban J connectivity index is 2.04. The first kappa shape index (κ1) is 15.0. The molecule has 116 valence electrons. The lowest BCUT2D eigenvalue weighted by Crippen LogP contribution is -2.61. The molecule has 2 aromatic rings. The van der Waals surface area contributed by atoms with E-state index >= 15 is 0 Å². The van der Waals surface area contributed by atoms with Crippen LogP contribution in [0.15, 0.2) is 47.4 Å². The number of aliphatic carboxylic acids is 1. The monoisotopic (exact) mass is 319 g/mol. The second-order valence-electron chi connectivity index (χ2n) is 5.98. The van der Waals surface area contributed by atoms with Crippen LogP contribution in [-0.2, 0) is 14.8 Å². The van der Waals surface area contributed by atoms with Gasteiger partial charge in [-0.2, -0.15) is 4.72 Å². The fourth-order valence-electron chi connectivity index (χ4n) is 3.17. The highest BCUT2D eigenvalue weighted by molar-refractivity contribution is 7.89. The molecular formula is C16H17NO4S. The first-order chi connectivity index (χ1) is 10.3. The fourth-order valence-corrected chi connectivity index (χ4v) is 4.79. The van der Waals surface area contributed by atoms with Crippen LogP contribution in [0.25, 0.3) is 10.8 Å². The number of hydrogen-bond donors (Lipinski definition) is 2. The van der Waals surface area contributed by atoms with Crippen molar-refractivity contribution in [1.82, 2.24) is 4.72 Å². The van der Waals surface area contributed by atoms with Gasteiger partial charge in [0.25, 0.3) is 0 Å². The summed E-state index contributed by atoms with van der Waals surface area (Å²) in [6, 6.07) is 12.1. The van der Waals surface area contributed by atoms with E-state index in [1.807, 2.05) is 25.1 Å². The quantitative estimate of drug-likeness (QED) is 0.906. The summed E-state index contributed by atoms with van der Waals surface area (Å²) in [6.45, 7) is 1.91. The van der Waals surface area contributed by atoms with Gasteiger partial charge in [-0.15, -0.1) is 0 Å². The molecule has 1 saturated carbocycles. The van der Waals surface area contributed by atoms with Crippen molar-refractivity contribution >= 4 is 26.8 Å². The minimum atomic E-state index is -3.90. The van der Waals surface area contributed by atoms with E-state index in [0.29, 0.717) is 18.2 Å². The van der Waals surface area contributed by atoms with Crippen molar-refractivity contribution in [1.29, 1.82) is 0 Å². The minimum absolute atomic E-state index is 0.116. The molecule has 0 radical (unpaired) electrons. The Bertz CT molecular complexity index is 833. The first-order valence-electron chi connectivity index (χ1n) is 7.09. The fraction of sp³-hybridized carbons (Fsp3) is 0.312. The van der Waals surface area contributed by atoms with Crippen LogP contribution in [-0.4, -0.2) is 25.0 Å². The minimum Gasteiger partial charge on any atom is -0.480 e. The summed E-state index contributed by atoms with van der Waals surface area (Å²) >= 11 is 0. The third-order valence-electron chi connectivity index (χ3n) is 4.17. The van der Waals surface area contributed by atoms with Crippen LogP contribution in [0.2, 0.25) is 0 Å². The first-order valence-corrected chi connectivity index (χ1v) is 8.57. The van der Waals surface area contributed by atoms with E-state index in [9.17, 15) is 18.3 Å². The van der Waals surface area contributed by atoms with Crippen LogP contribution in [0, 0.1) is 5.92 Å². The third kappa shape index (κ3) is 2.38. The van der Waals surface area contributed by atoms with Gasteiger partial charge in [-0.05, 0) is 30.2 Å². The zero-order valence-electron chi connectivity index (χ0n) is 12.1. The number of carbonyl (C=O) groups is 1. The van der Waals surface area contributed by atoms with Crippen LogP contribution >= 0.6 is 0 Å². The topological polar surface area (TPSA) is 83.5 Å². The smallest absolute Gasteiger partial charge is 0.324 e. The predicted octanol–water partition coefficient (Wildman–Crippen LogP) is 2.37. The molecule has 1 aliphatic rings. The highest BCUT2D eigenvalue weighted by atomic mass is 32.2. The Kier molecular flexibility index (Phi) is 3.45. The average molecular weight is 319 g/mol. The van der Waals surface area contributed by atoms with E-state index in [1.165, 1.54) is 6.07 Å². The van der Waals surface area contributed by atoms with E-state index in [1.54, 1.807) is 18.2 Å². The number of benzene rings is 2. The van der Waals surface area contributed by atoms with Gasteiger partial charge < -0.3 is 5.11 Å². The number of fused-ring (bicyclic) bond motifs is 1. The van der Waals surface area contributed by atoms with Crippen LogP contribution in [0.1, 0.15) is 19.8 Å². The Morgan fingerprint density at radius 1 is 1.18 bits per heavy atom. The third-order valence-corrected chi connectivity index (χ3v) is 5.77. The van der Waals surface area contributed by atoms with Gasteiger partial charge in [-0.25, -0.2) is 8.42 Å². The number of hydrogen-bond acceptors (Lipinski definition) is 3. The maximum absolute atomic E-state index is 12.7. The van der Waals surface area contributed by atoms with Crippen LogP contribution in [0.5, 0.6) is 0 Å². The molecule has 0 amide bonds. The highest BCUT2D eigenvalue weighted by Crippen LogP contribution is 2.39. The molecule has 2 aromatic carbocycles. The predicted molar refractivity (Wildman–Crippen MR) is 83.0 cm³/mol. The summed E-state index contributed by atoms with van der Waals surface area (Å²) in [7, 11) is -3.90. The van der Waals surface area contributed by atoms with Gasteiger partial charge in [-0.1, -0.05) is 43.3 Å². The summed E-state index contributed by atoms with van der Waals surface area (Å²) in [5, 5.41) is 10.8. The van der Waals surface area contributed by atoms with Gasteiger partial charge in [0.15, 0.2) is 0 Å². The molecule has 0 bridgehead atoms. The summed E-state index contributed by atoms with van der Waals surface area (Å²) in [5.41, 5.74) is -1.38. The van der Waals surface area contributed by atoms with E-state index in [4.69, 9.17) is 0 Å². The molecule has 0 unspecified atom stereocenters. The molecule has 22 heavy (non-hydrogen) atoms. The Labute approximate surface area is 129 Å². The van der Waals surface area contributed by atoms with Gasteiger partial charge >= 0.3 is 5.97 Å². The second-order valence-corrected chi connectivity index (χ2v) is 7.63. The van der Waals surface area contributed by atoms with Gasteiger partial charge in [0.2, 0.25) is 10.0 Å². The SMILES string of the molecule is CC1CC(NS(=O)(=O)c2cccc3ccccc23)(C(=O)O)C1. The molecule has 3 rings (SSSR count). The molecule has 5 nitrogen and oxygen atoms in total. The largest absolute Gasteiger partial charge is 0.480 e. The molecular weight excluding hydrogens is 302 g/mol. The Morgan fingerprint density at radius 3 is 2.45 bits per heavy atom. The van der Waals surface area contributed by atoms with E-state index in [0.717, 1.165) is 5.39 Å². The maximum atomic E-state index is 12.7.